The van der Waals surface area contributed by atoms with E-state index in [1.807, 2.05) is 36.4 Å². The second kappa shape index (κ2) is 5.97. The van der Waals surface area contributed by atoms with Crippen molar-refractivity contribution < 1.29 is 9.59 Å². The van der Waals surface area contributed by atoms with Crippen molar-refractivity contribution in [1.29, 1.82) is 0 Å². The van der Waals surface area contributed by atoms with Gasteiger partial charge in [-0.05, 0) is 77.5 Å². The van der Waals surface area contributed by atoms with Crippen molar-refractivity contribution in [3.63, 3.8) is 0 Å². The van der Waals surface area contributed by atoms with Gasteiger partial charge in [0.2, 0.25) is 5.91 Å². The van der Waals surface area contributed by atoms with Crippen molar-refractivity contribution in [2.75, 3.05) is 11.4 Å². The molecule has 4 heteroatoms. The summed E-state index contributed by atoms with van der Waals surface area (Å²) in [5.74, 6) is 0.164. The number of carbonyl (C=O) groups excluding carboxylic acids is 2. The highest BCUT2D eigenvalue weighted by molar-refractivity contribution is 14.1. The summed E-state index contributed by atoms with van der Waals surface area (Å²) in [6, 6.07) is 14.8. The summed E-state index contributed by atoms with van der Waals surface area (Å²) in [5.41, 5.74) is 2.20. The van der Waals surface area contributed by atoms with Crippen LogP contribution in [0.1, 0.15) is 28.8 Å². The molecular formula is C17H14INO2. The molecule has 0 N–H and O–H groups in total. The standard InChI is InChI=1S/C17H14INO2/c18-14-7-3-12(4-8-14)17(21)13-5-9-15(10-6-13)19-11-1-2-16(19)20/h3-10H,1-2,11H2. The van der Waals surface area contributed by atoms with Crippen molar-refractivity contribution in [3.8, 4) is 0 Å². The van der Waals surface area contributed by atoms with Crippen LogP contribution in [0.5, 0.6) is 0 Å². The monoisotopic (exact) mass is 391 g/mol. The molecule has 1 fully saturated rings. The molecule has 1 aliphatic rings. The average Bonchev–Trinajstić information content (AvgIpc) is 2.94. The van der Waals surface area contributed by atoms with Crippen LogP contribution in [-0.2, 0) is 4.79 Å². The fourth-order valence-corrected chi connectivity index (χ4v) is 2.84. The van der Waals surface area contributed by atoms with E-state index < -0.39 is 0 Å². The minimum atomic E-state index is 0.00528. The van der Waals surface area contributed by atoms with Crippen LogP contribution in [0.2, 0.25) is 0 Å². The SMILES string of the molecule is O=C(c1ccc(I)cc1)c1ccc(N2CCCC2=O)cc1. The van der Waals surface area contributed by atoms with Crippen molar-refractivity contribution in [3.05, 3.63) is 63.2 Å². The lowest BCUT2D eigenvalue weighted by molar-refractivity contribution is -0.117. The lowest BCUT2D eigenvalue weighted by Crippen LogP contribution is -2.23. The van der Waals surface area contributed by atoms with Gasteiger partial charge < -0.3 is 4.90 Å². The molecule has 1 aliphatic heterocycles. The van der Waals surface area contributed by atoms with Crippen molar-refractivity contribution in [1.82, 2.24) is 0 Å². The number of hydrogen-bond acceptors (Lipinski definition) is 2. The summed E-state index contributed by atoms with van der Waals surface area (Å²) < 4.78 is 1.10. The molecule has 3 nitrogen and oxygen atoms in total. The number of anilines is 1. The molecule has 21 heavy (non-hydrogen) atoms. The third-order valence-electron chi connectivity index (χ3n) is 3.62. The van der Waals surface area contributed by atoms with E-state index in [2.05, 4.69) is 22.6 Å². The Morgan fingerprint density at radius 1 is 0.952 bits per heavy atom. The van der Waals surface area contributed by atoms with Crippen LogP contribution in [-0.4, -0.2) is 18.2 Å². The van der Waals surface area contributed by atoms with E-state index in [9.17, 15) is 9.59 Å². The Morgan fingerprint density at radius 2 is 1.52 bits per heavy atom. The Bertz CT molecular complexity index is 677. The molecule has 0 atom stereocenters. The highest BCUT2D eigenvalue weighted by Crippen LogP contribution is 2.22. The second-order valence-electron chi connectivity index (χ2n) is 5.03. The predicted octanol–water partition coefficient (Wildman–Crippen LogP) is 3.65. The quantitative estimate of drug-likeness (QED) is 0.592. The molecule has 1 amide bonds. The van der Waals surface area contributed by atoms with Crippen molar-refractivity contribution in [2.24, 2.45) is 0 Å². The molecule has 2 aromatic rings. The number of ketones is 1. The Balaban J connectivity index is 1.82. The fourth-order valence-electron chi connectivity index (χ4n) is 2.48. The predicted molar refractivity (Wildman–Crippen MR) is 90.6 cm³/mol. The zero-order valence-corrected chi connectivity index (χ0v) is 13.5. The number of halogens is 1. The van der Waals surface area contributed by atoms with E-state index in [4.69, 9.17) is 0 Å². The first-order chi connectivity index (χ1) is 10.1. The van der Waals surface area contributed by atoms with Crippen LogP contribution in [0.4, 0.5) is 5.69 Å². The maximum atomic E-state index is 12.4. The van der Waals surface area contributed by atoms with Gasteiger partial charge in [0.1, 0.15) is 0 Å². The largest absolute Gasteiger partial charge is 0.312 e. The van der Waals surface area contributed by atoms with E-state index in [1.165, 1.54) is 0 Å². The molecule has 0 radical (unpaired) electrons. The third-order valence-corrected chi connectivity index (χ3v) is 4.34. The molecule has 1 heterocycles. The molecule has 3 rings (SSSR count). The molecule has 1 saturated heterocycles. The maximum absolute atomic E-state index is 12.4. The summed E-state index contributed by atoms with van der Waals surface area (Å²) in [4.78, 5) is 25.9. The molecule has 0 saturated carbocycles. The zero-order valence-electron chi connectivity index (χ0n) is 11.4. The first-order valence-electron chi connectivity index (χ1n) is 6.86. The zero-order chi connectivity index (χ0) is 14.8. The smallest absolute Gasteiger partial charge is 0.227 e. The number of benzene rings is 2. The Kier molecular flexibility index (Phi) is 4.05. The highest BCUT2D eigenvalue weighted by atomic mass is 127. The van der Waals surface area contributed by atoms with Gasteiger partial charge >= 0.3 is 0 Å². The number of carbonyl (C=O) groups is 2. The summed E-state index contributed by atoms with van der Waals surface area (Å²) in [7, 11) is 0. The van der Waals surface area contributed by atoms with Crippen LogP contribution in [0.25, 0.3) is 0 Å². The third kappa shape index (κ3) is 3.00. The molecule has 2 aromatic carbocycles. The van der Waals surface area contributed by atoms with Crippen molar-refractivity contribution >= 4 is 40.0 Å². The second-order valence-corrected chi connectivity index (χ2v) is 6.28. The molecule has 0 aliphatic carbocycles. The molecule has 106 valence electrons. The van der Waals surface area contributed by atoms with Crippen LogP contribution in [0.3, 0.4) is 0 Å². The van der Waals surface area contributed by atoms with Gasteiger partial charge in [0.25, 0.3) is 0 Å². The fraction of sp³-hybridized carbons (Fsp3) is 0.176. The number of hydrogen-bond donors (Lipinski definition) is 0. The van der Waals surface area contributed by atoms with Crippen LogP contribution < -0.4 is 4.90 Å². The van der Waals surface area contributed by atoms with E-state index in [0.29, 0.717) is 17.5 Å². The molecule has 0 unspecified atom stereocenters. The van der Waals surface area contributed by atoms with Crippen LogP contribution >= 0.6 is 22.6 Å². The lowest BCUT2D eigenvalue weighted by atomic mass is 10.0. The molecule has 0 spiro atoms. The molecule has 0 aromatic heterocycles. The molecule has 0 bridgehead atoms. The van der Waals surface area contributed by atoms with Gasteiger partial charge in [-0.2, -0.15) is 0 Å². The van der Waals surface area contributed by atoms with Gasteiger partial charge in [0, 0.05) is 33.4 Å². The molecular weight excluding hydrogens is 377 g/mol. The topological polar surface area (TPSA) is 37.4 Å². The summed E-state index contributed by atoms with van der Waals surface area (Å²) in [6.07, 6.45) is 1.52. The number of amides is 1. The summed E-state index contributed by atoms with van der Waals surface area (Å²) >= 11 is 2.21. The minimum Gasteiger partial charge on any atom is -0.312 e. The Labute approximate surface area is 137 Å². The number of rotatable bonds is 3. The summed E-state index contributed by atoms with van der Waals surface area (Å²) in [6.45, 7) is 0.767. The first-order valence-corrected chi connectivity index (χ1v) is 7.94. The van der Waals surface area contributed by atoms with Crippen molar-refractivity contribution in [2.45, 2.75) is 12.8 Å². The highest BCUT2D eigenvalue weighted by Gasteiger charge is 2.21. The van der Waals surface area contributed by atoms with Gasteiger partial charge in [0.05, 0.1) is 0 Å². The normalized spacial score (nSPS) is 14.5. The van der Waals surface area contributed by atoms with E-state index in [0.717, 1.165) is 22.2 Å². The average molecular weight is 391 g/mol. The first kappa shape index (κ1) is 14.3. The number of nitrogens with zero attached hydrogens (tertiary/aromatic N) is 1. The van der Waals surface area contributed by atoms with E-state index >= 15 is 0 Å². The van der Waals surface area contributed by atoms with Gasteiger partial charge in [-0.15, -0.1) is 0 Å². The van der Waals surface area contributed by atoms with Gasteiger partial charge in [-0.1, -0.05) is 0 Å². The van der Waals surface area contributed by atoms with Gasteiger partial charge in [-0.25, -0.2) is 0 Å². The van der Waals surface area contributed by atoms with Gasteiger partial charge in [-0.3, -0.25) is 9.59 Å². The maximum Gasteiger partial charge on any atom is 0.227 e. The van der Waals surface area contributed by atoms with Crippen LogP contribution in [0.15, 0.2) is 48.5 Å². The lowest BCUT2D eigenvalue weighted by Gasteiger charge is -2.15. The van der Waals surface area contributed by atoms with E-state index in [1.54, 1.807) is 17.0 Å². The van der Waals surface area contributed by atoms with Gasteiger partial charge in [0.15, 0.2) is 5.78 Å². The Morgan fingerprint density at radius 3 is 2.05 bits per heavy atom. The van der Waals surface area contributed by atoms with Crippen LogP contribution in [0, 0.1) is 3.57 Å². The van der Waals surface area contributed by atoms with E-state index in [-0.39, 0.29) is 11.7 Å². The summed E-state index contributed by atoms with van der Waals surface area (Å²) in [5, 5.41) is 0. The Hall–Kier alpha value is -1.69. The minimum absolute atomic E-state index is 0.00528.